The van der Waals surface area contributed by atoms with Gasteiger partial charge < -0.3 is 14.6 Å². The maximum absolute atomic E-state index is 13.1. The predicted molar refractivity (Wildman–Crippen MR) is 126 cm³/mol. The lowest BCUT2D eigenvalue weighted by molar-refractivity contribution is 0.0956. The van der Waals surface area contributed by atoms with Gasteiger partial charge in [-0.05, 0) is 17.7 Å². The fraction of sp³-hybridized carbons (Fsp3) is 0.208. The van der Waals surface area contributed by atoms with Crippen molar-refractivity contribution in [3.8, 4) is 17.0 Å². The van der Waals surface area contributed by atoms with E-state index in [1.165, 1.54) is 0 Å². The van der Waals surface area contributed by atoms with Gasteiger partial charge >= 0.3 is 0 Å². The van der Waals surface area contributed by atoms with Crippen molar-refractivity contribution in [1.29, 1.82) is 0 Å². The molecular weight excluding hydrogens is 422 g/mol. The summed E-state index contributed by atoms with van der Waals surface area (Å²) in [6.07, 6.45) is 5.47. The topological polar surface area (TPSA) is 74.0 Å². The van der Waals surface area contributed by atoms with E-state index in [4.69, 9.17) is 9.84 Å². The molecule has 0 unspecified atom stereocenters. The van der Waals surface area contributed by atoms with Gasteiger partial charge in [0.25, 0.3) is 5.91 Å². The lowest BCUT2D eigenvalue weighted by Gasteiger charge is -2.08. The van der Waals surface area contributed by atoms with Crippen LogP contribution >= 0.6 is 11.8 Å². The van der Waals surface area contributed by atoms with Crippen LogP contribution in [0.25, 0.3) is 11.3 Å². The second-order valence-corrected chi connectivity index (χ2v) is 8.26. The number of imidazole rings is 1. The molecule has 0 atom stereocenters. The third-order valence-corrected chi connectivity index (χ3v) is 6.01. The highest BCUT2D eigenvalue weighted by Gasteiger charge is 2.20. The molecule has 7 nitrogen and oxygen atoms in total. The summed E-state index contributed by atoms with van der Waals surface area (Å²) in [5, 5.41) is 8.68. The van der Waals surface area contributed by atoms with Crippen molar-refractivity contribution in [1.82, 2.24) is 24.6 Å². The highest BCUT2D eigenvalue weighted by atomic mass is 32.2. The Morgan fingerprint density at radius 2 is 1.91 bits per heavy atom. The number of methoxy groups -OCH3 is 1. The molecule has 2 heterocycles. The monoisotopic (exact) mass is 447 g/mol. The van der Waals surface area contributed by atoms with E-state index in [1.807, 2.05) is 72.4 Å². The summed E-state index contributed by atoms with van der Waals surface area (Å²) in [7, 11) is 3.57. The summed E-state index contributed by atoms with van der Waals surface area (Å²) < 4.78 is 9.28. The number of nitrogens with zero attached hydrogens (tertiary/aromatic N) is 4. The standard InChI is InChI=1S/C24H25N5O2S/c1-28-14-12-26-24(28)32-15-13-25-23(30)20-17-29(16-18-8-4-3-5-9-18)27-22(20)19-10-6-7-11-21(19)31-2/h3-12,14,17H,13,15-16H2,1-2H3,(H,25,30). The Labute approximate surface area is 191 Å². The van der Waals surface area contributed by atoms with Crippen molar-refractivity contribution < 1.29 is 9.53 Å². The number of amides is 1. The van der Waals surface area contributed by atoms with Crippen molar-refractivity contribution >= 4 is 17.7 Å². The minimum absolute atomic E-state index is 0.161. The van der Waals surface area contributed by atoms with Crippen LogP contribution in [0.4, 0.5) is 0 Å². The lowest BCUT2D eigenvalue weighted by Crippen LogP contribution is -2.26. The molecule has 0 aliphatic carbocycles. The van der Waals surface area contributed by atoms with Gasteiger partial charge in [0.1, 0.15) is 11.4 Å². The van der Waals surface area contributed by atoms with Gasteiger partial charge in [-0.15, -0.1) is 0 Å². The number of aromatic nitrogens is 4. The zero-order valence-electron chi connectivity index (χ0n) is 18.1. The highest BCUT2D eigenvalue weighted by molar-refractivity contribution is 7.99. The van der Waals surface area contributed by atoms with E-state index in [0.29, 0.717) is 30.1 Å². The summed E-state index contributed by atoms with van der Waals surface area (Å²) in [5.74, 6) is 1.24. The van der Waals surface area contributed by atoms with Crippen molar-refractivity contribution in [2.24, 2.45) is 7.05 Å². The normalized spacial score (nSPS) is 10.8. The minimum Gasteiger partial charge on any atom is -0.496 e. The zero-order valence-corrected chi connectivity index (χ0v) is 18.9. The zero-order chi connectivity index (χ0) is 22.3. The van der Waals surface area contributed by atoms with Gasteiger partial charge in [0.2, 0.25) is 0 Å². The second-order valence-electron chi connectivity index (χ2n) is 7.20. The highest BCUT2D eigenvalue weighted by Crippen LogP contribution is 2.31. The number of nitrogens with one attached hydrogen (secondary N) is 1. The van der Waals surface area contributed by atoms with Gasteiger partial charge in [-0.2, -0.15) is 5.10 Å². The number of carbonyl (C=O) groups is 1. The Morgan fingerprint density at radius 3 is 2.66 bits per heavy atom. The molecule has 8 heteroatoms. The number of ether oxygens (including phenoxy) is 1. The first-order valence-corrected chi connectivity index (χ1v) is 11.3. The average Bonchev–Trinajstić information content (AvgIpc) is 3.43. The molecule has 0 spiro atoms. The molecule has 2 aromatic carbocycles. The molecule has 4 rings (SSSR count). The summed E-state index contributed by atoms with van der Waals surface area (Å²) in [6.45, 7) is 1.09. The van der Waals surface area contributed by atoms with Crippen molar-refractivity contribution in [2.75, 3.05) is 19.4 Å². The third-order valence-electron chi connectivity index (χ3n) is 4.95. The predicted octanol–water partition coefficient (Wildman–Crippen LogP) is 3.86. The first-order valence-electron chi connectivity index (χ1n) is 10.3. The van der Waals surface area contributed by atoms with Crippen LogP contribution in [0, 0.1) is 0 Å². The van der Waals surface area contributed by atoms with Crippen LogP contribution in [-0.4, -0.2) is 44.6 Å². The maximum Gasteiger partial charge on any atom is 0.255 e. The smallest absolute Gasteiger partial charge is 0.255 e. The van der Waals surface area contributed by atoms with Crippen LogP contribution in [-0.2, 0) is 13.6 Å². The molecule has 0 saturated carbocycles. The van der Waals surface area contributed by atoms with Gasteiger partial charge in [-0.1, -0.05) is 54.2 Å². The lowest BCUT2D eigenvalue weighted by atomic mass is 10.1. The first-order chi connectivity index (χ1) is 15.7. The number of rotatable bonds is 9. The molecule has 1 amide bonds. The molecule has 0 aliphatic rings. The van der Waals surface area contributed by atoms with Crippen molar-refractivity contribution in [3.05, 3.63) is 84.3 Å². The van der Waals surface area contributed by atoms with Crippen LogP contribution in [0.1, 0.15) is 15.9 Å². The first kappa shape index (κ1) is 21.7. The summed E-state index contributed by atoms with van der Waals surface area (Å²) in [6, 6.07) is 17.7. The van der Waals surface area contributed by atoms with E-state index in [9.17, 15) is 4.79 Å². The Balaban J connectivity index is 1.54. The Morgan fingerprint density at radius 1 is 1.12 bits per heavy atom. The largest absolute Gasteiger partial charge is 0.496 e. The van der Waals surface area contributed by atoms with Gasteiger partial charge in [0.15, 0.2) is 5.16 Å². The summed E-state index contributed by atoms with van der Waals surface area (Å²) >= 11 is 1.60. The molecule has 0 fully saturated rings. The van der Waals surface area contributed by atoms with E-state index in [1.54, 1.807) is 35.9 Å². The number of hydrogen-bond donors (Lipinski definition) is 1. The van der Waals surface area contributed by atoms with E-state index >= 15 is 0 Å². The maximum atomic E-state index is 13.1. The number of benzene rings is 2. The van der Waals surface area contributed by atoms with Gasteiger partial charge in [0, 0.05) is 43.5 Å². The van der Waals surface area contributed by atoms with E-state index in [0.717, 1.165) is 22.0 Å². The molecule has 1 N–H and O–H groups in total. The Hall–Kier alpha value is -3.52. The van der Waals surface area contributed by atoms with Crippen LogP contribution in [0.5, 0.6) is 5.75 Å². The number of carbonyl (C=O) groups excluding carboxylic acids is 1. The number of para-hydroxylation sites is 1. The molecule has 2 aromatic heterocycles. The molecular formula is C24H25N5O2S. The number of aryl methyl sites for hydroxylation is 1. The van der Waals surface area contributed by atoms with E-state index in [2.05, 4.69) is 10.3 Å². The van der Waals surface area contributed by atoms with Gasteiger partial charge in [0.05, 0.1) is 19.2 Å². The van der Waals surface area contributed by atoms with E-state index in [-0.39, 0.29) is 5.91 Å². The van der Waals surface area contributed by atoms with Crippen molar-refractivity contribution in [2.45, 2.75) is 11.7 Å². The molecule has 0 radical (unpaired) electrons. The second kappa shape index (κ2) is 10.2. The molecule has 32 heavy (non-hydrogen) atoms. The van der Waals surface area contributed by atoms with Gasteiger partial charge in [-0.25, -0.2) is 4.98 Å². The molecule has 0 saturated heterocycles. The molecule has 0 aliphatic heterocycles. The SMILES string of the molecule is COc1ccccc1-c1nn(Cc2ccccc2)cc1C(=O)NCCSc1nccn1C. The van der Waals surface area contributed by atoms with Crippen LogP contribution in [0.2, 0.25) is 0 Å². The van der Waals surface area contributed by atoms with Crippen LogP contribution in [0.15, 0.2) is 78.3 Å². The summed E-state index contributed by atoms with van der Waals surface area (Å²) in [5.41, 5.74) is 3.02. The summed E-state index contributed by atoms with van der Waals surface area (Å²) in [4.78, 5) is 17.4. The average molecular weight is 448 g/mol. The number of hydrogen-bond acceptors (Lipinski definition) is 5. The van der Waals surface area contributed by atoms with E-state index < -0.39 is 0 Å². The Bertz CT molecular complexity index is 1190. The van der Waals surface area contributed by atoms with Crippen molar-refractivity contribution in [3.63, 3.8) is 0 Å². The van der Waals surface area contributed by atoms with Crippen LogP contribution in [0.3, 0.4) is 0 Å². The quantitative estimate of drug-likeness (QED) is 0.312. The number of thioether (sulfide) groups is 1. The Kier molecular flexibility index (Phi) is 6.91. The minimum atomic E-state index is -0.161. The molecule has 164 valence electrons. The fourth-order valence-corrected chi connectivity index (χ4v) is 4.16. The fourth-order valence-electron chi connectivity index (χ4n) is 3.37. The molecule has 4 aromatic rings. The molecule has 0 bridgehead atoms. The van der Waals surface area contributed by atoms with Gasteiger partial charge in [-0.3, -0.25) is 9.48 Å². The van der Waals surface area contributed by atoms with Crippen LogP contribution < -0.4 is 10.1 Å². The third kappa shape index (κ3) is 5.03.